The maximum atomic E-state index is 12.5. The molecule has 0 fully saturated rings. The summed E-state index contributed by atoms with van der Waals surface area (Å²) in [6.45, 7) is 4.32. The molecule has 1 N–H and O–H groups in total. The first-order chi connectivity index (χ1) is 8.64. The fourth-order valence-corrected chi connectivity index (χ4v) is 3.14. The van der Waals surface area contributed by atoms with Crippen molar-refractivity contribution in [2.75, 3.05) is 13.2 Å². The molecule has 4 nitrogen and oxygen atoms in total. The maximum absolute atomic E-state index is 12.5. The molecule has 2 unspecified atom stereocenters. The fraction of sp³-hybridized carbons (Fsp3) is 0.538. The van der Waals surface area contributed by atoms with Gasteiger partial charge >= 0.3 is 7.60 Å². The van der Waals surface area contributed by atoms with Crippen LogP contribution in [0.3, 0.4) is 0 Å². The summed E-state index contributed by atoms with van der Waals surface area (Å²) in [4.78, 5) is 0. The predicted octanol–water partition coefficient (Wildman–Crippen LogP) is 3.72. The summed E-state index contributed by atoms with van der Waals surface area (Å²) in [6.07, 6.45) is 1.73. The molecule has 5 heteroatoms. The average molecular weight is 272 g/mol. The summed E-state index contributed by atoms with van der Waals surface area (Å²) in [5, 5.41) is 10.2. The van der Waals surface area contributed by atoms with E-state index in [1.54, 1.807) is 31.2 Å². The quantitative estimate of drug-likeness (QED) is 0.578. The number of unbranched alkanes of at least 4 members (excludes halogenated alkanes) is 1. The van der Waals surface area contributed by atoms with Crippen LogP contribution in [0.1, 0.15) is 38.1 Å². The van der Waals surface area contributed by atoms with Crippen molar-refractivity contribution < 1.29 is 18.7 Å². The van der Waals surface area contributed by atoms with Gasteiger partial charge in [0, 0.05) is 0 Å². The molecular formula is C13H21O4P. The summed E-state index contributed by atoms with van der Waals surface area (Å²) >= 11 is 0. The van der Waals surface area contributed by atoms with E-state index in [-0.39, 0.29) is 6.61 Å². The fourth-order valence-electron chi connectivity index (χ4n) is 1.50. The molecule has 102 valence electrons. The van der Waals surface area contributed by atoms with Crippen molar-refractivity contribution in [2.24, 2.45) is 0 Å². The molecule has 0 saturated heterocycles. The van der Waals surface area contributed by atoms with E-state index < -0.39 is 13.4 Å². The van der Waals surface area contributed by atoms with E-state index >= 15 is 0 Å². The first-order valence-electron chi connectivity index (χ1n) is 6.26. The molecule has 18 heavy (non-hydrogen) atoms. The molecule has 0 aliphatic rings. The van der Waals surface area contributed by atoms with Gasteiger partial charge in [0.2, 0.25) is 0 Å². The van der Waals surface area contributed by atoms with Crippen molar-refractivity contribution in [3.8, 4) is 0 Å². The van der Waals surface area contributed by atoms with Crippen LogP contribution in [0.5, 0.6) is 0 Å². The summed E-state index contributed by atoms with van der Waals surface area (Å²) in [5.74, 6) is -1.23. The van der Waals surface area contributed by atoms with E-state index in [2.05, 4.69) is 0 Å². The van der Waals surface area contributed by atoms with Gasteiger partial charge in [0.1, 0.15) is 0 Å². The third-order valence-corrected chi connectivity index (χ3v) is 4.53. The average Bonchev–Trinajstić information content (AvgIpc) is 2.39. The Bertz CT molecular complexity index is 380. The molecule has 0 radical (unpaired) electrons. The van der Waals surface area contributed by atoms with E-state index in [1.807, 2.05) is 13.0 Å². The number of aliphatic hydroxyl groups is 1. The minimum absolute atomic E-state index is 0.243. The van der Waals surface area contributed by atoms with Gasteiger partial charge in [-0.2, -0.15) is 0 Å². The number of hydrogen-bond acceptors (Lipinski definition) is 4. The molecule has 2 atom stereocenters. The molecular weight excluding hydrogens is 251 g/mol. The van der Waals surface area contributed by atoms with Crippen LogP contribution in [0.25, 0.3) is 0 Å². The second-order valence-electron chi connectivity index (χ2n) is 3.93. The van der Waals surface area contributed by atoms with Gasteiger partial charge in [0.25, 0.3) is 0 Å². The normalized spacial score (nSPS) is 16.2. The summed E-state index contributed by atoms with van der Waals surface area (Å²) in [7, 11) is -3.51. The molecule has 0 aromatic heterocycles. The molecule has 0 bridgehead atoms. The third kappa shape index (κ3) is 4.21. The number of aliphatic hydroxyl groups excluding tert-OH is 1. The SMILES string of the molecule is CCCCOP(=O)(OCC)C(O)c1ccccc1. The lowest BCUT2D eigenvalue weighted by molar-refractivity contribution is 0.145. The first-order valence-corrected chi connectivity index (χ1v) is 7.87. The minimum Gasteiger partial charge on any atom is -0.376 e. The van der Waals surface area contributed by atoms with Crippen LogP contribution in [0, 0.1) is 0 Å². The van der Waals surface area contributed by atoms with Gasteiger partial charge < -0.3 is 14.2 Å². The van der Waals surface area contributed by atoms with E-state index in [9.17, 15) is 9.67 Å². The zero-order chi connectivity index (χ0) is 13.4. The Balaban J connectivity index is 2.79. The lowest BCUT2D eigenvalue weighted by atomic mass is 10.2. The minimum atomic E-state index is -3.51. The molecule has 1 aromatic carbocycles. The maximum Gasteiger partial charge on any atom is 0.363 e. The number of hydrogen-bond donors (Lipinski definition) is 1. The Kier molecular flexibility index (Phi) is 6.58. The van der Waals surface area contributed by atoms with Crippen LogP contribution in [-0.2, 0) is 13.6 Å². The lowest BCUT2D eigenvalue weighted by Crippen LogP contribution is -2.07. The molecule has 0 saturated carbocycles. The van der Waals surface area contributed by atoms with Crippen LogP contribution in [0.2, 0.25) is 0 Å². The van der Waals surface area contributed by atoms with Gasteiger partial charge in [0.15, 0.2) is 5.85 Å². The Hall–Kier alpha value is -0.670. The predicted molar refractivity (Wildman–Crippen MR) is 71.5 cm³/mol. The Morgan fingerprint density at radius 2 is 1.89 bits per heavy atom. The van der Waals surface area contributed by atoms with Gasteiger partial charge in [0.05, 0.1) is 13.2 Å². The smallest absolute Gasteiger partial charge is 0.363 e. The Morgan fingerprint density at radius 3 is 2.44 bits per heavy atom. The van der Waals surface area contributed by atoms with E-state index in [1.165, 1.54) is 0 Å². The van der Waals surface area contributed by atoms with Gasteiger partial charge in [-0.25, -0.2) is 0 Å². The van der Waals surface area contributed by atoms with Crippen molar-refractivity contribution in [2.45, 2.75) is 32.5 Å². The number of rotatable bonds is 8. The summed E-state index contributed by atoms with van der Waals surface area (Å²) in [6, 6.07) is 8.81. The molecule has 0 spiro atoms. The van der Waals surface area contributed by atoms with Crippen molar-refractivity contribution in [3.63, 3.8) is 0 Å². The van der Waals surface area contributed by atoms with E-state index in [0.29, 0.717) is 12.2 Å². The van der Waals surface area contributed by atoms with Crippen molar-refractivity contribution >= 4 is 7.60 Å². The highest BCUT2D eigenvalue weighted by Gasteiger charge is 2.35. The third-order valence-electron chi connectivity index (χ3n) is 2.48. The zero-order valence-corrected chi connectivity index (χ0v) is 11.8. The topological polar surface area (TPSA) is 55.8 Å². The Morgan fingerprint density at radius 1 is 1.22 bits per heavy atom. The van der Waals surface area contributed by atoms with Crippen molar-refractivity contribution in [3.05, 3.63) is 35.9 Å². The molecule has 0 heterocycles. The highest BCUT2D eigenvalue weighted by atomic mass is 31.2. The van der Waals surface area contributed by atoms with Crippen LogP contribution in [0.15, 0.2) is 30.3 Å². The molecule has 0 amide bonds. The highest BCUT2D eigenvalue weighted by Crippen LogP contribution is 2.59. The highest BCUT2D eigenvalue weighted by molar-refractivity contribution is 7.54. The lowest BCUT2D eigenvalue weighted by Gasteiger charge is -2.23. The molecule has 1 aromatic rings. The van der Waals surface area contributed by atoms with Crippen molar-refractivity contribution in [1.29, 1.82) is 0 Å². The van der Waals surface area contributed by atoms with Crippen LogP contribution < -0.4 is 0 Å². The second kappa shape index (κ2) is 7.70. The summed E-state index contributed by atoms with van der Waals surface area (Å²) in [5.41, 5.74) is 0.547. The van der Waals surface area contributed by atoms with Gasteiger partial charge in [-0.1, -0.05) is 43.7 Å². The van der Waals surface area contributed by atoms with E-state index in [0.717, 1.165) is 12.8 Å². The Labute approximate surface area is 108 Å². The first kappa shape index (κ1) is 15.4. The van der Waals surface area contributed by atoms with Gasteiger partial charge in [-0.15, -0.1) is 0 Å². The summed E-state index contributed by atoms with van der Waals surface area (Å²) < 4.78 is 23.0. The standard InChI is InChI=1S/C13H21O4P/c1-3-5-11-17-18(15,16-4-2)13(14)12-9-7-6-8-10-12/h6-10,13-14H,3-5,11H2,1-2H3. The van der Waals surface area contributed by atoms with Crippen LogP contribution in [0.4, 0.5) is 0 Å². The van der Waals surface area contributed by atoms with Gasteiger partial charge in [-0.3, -0.25) is 4.57 Å². The molecule has 1 rings (SSSR count). The van der Waals surface area contributed by atoms with Gasteiger partial charge in [-0.05, 0) is 18.9 Å². The van der Waals surface area contributed by atoms with Crippen LogP contribution in [-0.4, -0.2) is 18.3 Å². The van der Waals surface area contributed by atoms with E-state index in [4.69, 9.17) is 9.05 Å². The van der Waals surface area contributed by atoms with Crippen LogP contribution >= 0.6 is 7.60 Å². The monoisotopic (exact) mass is 272 g/mol. The zero-order valence-electron chi connectivity index (χ0n) is 10.9. The molecule has 0 aliphatic heterocycles. The molecule has 0 aliphatic carbocycles. The second-order valence-corrected chi connectivity index (χ2v) is 6.01. The number of benzene rings is 1. The largest absolute Gasteiger partial charge is 0.376 e. The van der Waals surface area contributed by atoms with Crippen molar-refractivity contribution in [1.82, 2.24) is 0 Å².